The molecule has 0 atom stereocenters. The molecule has 0 aliphatic rings. The summed E-state index contributed by atoms with van der Waals surface area (Å²) in [5, 5.41) is 2.55. The number of rotatable bonds is 13. The second-order valence-electron chi connectivity index (χ2n) is 5.94. The third kappa shape index (κ3) is 7.91. The van der Waals surface area contributed by atoms with Gasteiger partial charge in [-0.25, -0.2) is 0 Å². The Morgan fingerprint density at radius 3 is 1.50 bits per heavy atom. The van der Waals surface area contributed by atoms with Crippen molar-refractivity contribution in [3.63, 3.8) is 0 Å². The Morgan fingerprint density at radius 2 is 1.15 bits per heavy atom. The Hall–Kier alpha value is -1.35. The van der Waals surface area contributed by atoms with Crippen LogP contribution >= 0.6 is 0 Å². The van der Waals surface area contributed by atoms with Crippen molar-refractivity contribution in [3.8, 4) is 11.4 Å². The van der Waals surface area contributed by atoms with Gasteiger partial charge in [0, 0.05) is 38.8 Å². The van der Waals surface area contributed by atoms with E-state index in [1.54, 1.807) is 0 Å². The van der Waals surface area contributed by atoms with Crippen LogP contribution in [0, 0.1) is 0 Å². The minimum absolute atomic E-state index is 0.748. The molecule has 0 fully saturated rings. The summed E-state index contributed by atoms with van der Waals surface area (Å²) in [4.78, 5) is 9.15. The smallest absolute Gasteiger partial charge is 0.0885 e. The molecule has 26 heavy (non-hydrogen) atoms. The summed E-state index contributed by atoms with van der Waals surface area (Å²) in [6.07, 6.45) is 6.10. The topological polar surface area (TPSA) is 44.2 Å². The maximum absolute atomic E-state index is 5.53. The highest BCUT2D eigenvalue weighted by molar-refractivity contribution is 6.53. The Balaban J connectivity index is 1.77. The molecule has 2 aromatic rings. The molecule has 0 amide bonds. The fourth-order valence-electron chi connectivity index (χ4n) is 2.33. The summed E-state index contributed by atoms with van der Waals surface area (Å²) >= 11 is 0. The molecule has 2 rings (SSSR count). The molecule has 4 radical (unpaired) electrons. The van der Waals surface area contributed by atoms with Crippen LogP contribution in [0.5, 0.6) is 0 Å². The van der Waals surface area contributed by atoms with Crippen molar-refractivity contribution >= 4 is 29.4 Å². The molecule has 4 nitrogen and oxygen atoms in total. The predicted molar refractivity (Wildman–Crippen MR) is 110 cm³/mol. The molecular formula is C20H28N2O2Si2. The number of hydrogen-bond acceptors (Lipinski definition) is 4. The minimum Gasteiger partial charge on any atom is -0.382 e. The van der Waals surface area contributed by atoms with Crippen molar-refractivity contribution < 1.29 is 9.47 Å². The quantitative estimate of drug-likeness (QED) is 0.393. The van der Waals surface area contributed by atoms with Crippen LogP contribution in [0.15, 0.2) is 36.7 Å². The minimum atomic E-state index is 0.748. The number of hydrogen-bond donors (Lipinski definition) is 0. The van der Waals surface area contributed by atoms with Gasteiger partial charge in [-0.05, 0) is 47.4 Å². The fourth-order valence-corrected chi connectivity index (χ4v) is 4.11. The SMILES string of the molecule is CCCOCC[Si]c1ccc(-c2ccc([Si]CCOCCC)cn2)nc1. The maximum atomic E-state index is 5.53. The van der Waals surface area contributed by atoms with E-state index in [0.29, 0.717) is 0 Å². The second-order valence-corrected chi connectivity index (χ2v) is 8.80. The maximum Gasteiger partial charge on any atom is 0.0885 e. The van der Waals surface area contributed by atoms with E-state index in [1.165, 1.54) is 10.4 Å². The lowest BCUT2D eigenvalue weighted by Crippen LogP contribution is -2.17. The Kier molecular flexibility index (Phi) is 10.4. The highest BCUT2D eigenvalue weighted by Crippen LogP contribution is 2.10. The van der Waals surface area contributed by atoms with Gasteiger partial charge in [-0.3, -0.25) is 9.97 Å². The predicted octanol–water partition coefficient (Wildman–Crippen LogP) is 2.49. The Bertz CT molecular complexity index is 551. The monoisotopic (exact) mass is 384 g/mol. The van der Waals surface area contributed by atoms with E-state index in [2.05, 4.69) is 48.1 Å². The molecule has 2 aromatic heterocycles. The average Bonchev–Trinajstić information content (AvgIpc) is 2.69. The van der Waals surface area contributed by atoms with Crippen LogP contribution in [0.1, 0.15) is 26.7 Å². The summed E-state index contributed by atoms with van der Waals surface area (Å²) in [5.74, 6) is 0. The normalized spacial score (nSPS) is 11.0. The highest BCUT2D eigenvalue weighted by Gasteiger charge is 2.03. The summed E-state index contributed by atoms with van der Waals surface area (Å²) in [6.45, 7) is 7.65. The molecule has 0 unspecified atom stereocenters. The van der Waals surface area contributed by atoms with Gasteiger partial charge < -0.3 is 9.47 Å². The lowest BCUT2D eigenvalue weighted by atomic mass is 10.2. The van der Waals surface area contributed by atoms with Gasteiger partial charge in [-0.15, -0.1) is 0 Å². The van der Waals surface area contributed by atoms with E-state index in [1.807, 2.05) is 12.4 Å². The van der Waals surface area contributed by atoms with Crippen LogP contribution in [-0.2, 0) is 9.47 Å². The molecular weight excluding hydrogens is 356 g/mol. The van der Waals surface area contributed by atoms with Crippen LogP contribution in [0.2, 0.25) is 12.1 Å². The molecule has 6 heteroatoms. The van der Waals surface area contributed by atoms with E-state index in [4.69, 9.17) is 9.47 Å². The Labute approximate surface area is 162 Å². The molecule has 0 aromatic carbocycles. The molecule has 2 heterocycles. The van der Waals surface area contributed by atoms with Crippen molar-refractivity contribution in [3.05, 3.63) is 36.7 Å². The molecule has 0 bridgehead atoms. The van der Waals surface area contributed by atoms with Crippen molar-refractivity contribution in [1.82, 2.24) is 9.97 Å². The largest absolute Gasteiger partial charge is 0.382 e. The van der Waals surface area contributed by atoms with Crippen LogP contribution in [-0.4, -0.2) is 55.4 Å². The number of pyridine rings is 2. The first-order valence-electron chi connectivity index (χ1n) is 9.39. The molecule has 0 N–H and O–H groups in total. The van der Waals surface area contributed by atoms with Gasteiger partial charge in [0.1, 0.15) is 0 Å². The Morgan fingerprint density at radius 1 is 0.692 bits per heavy atom. The summed E-state index contributed by atoms with van der Waals surface area (Å²) in [6, 6.07) is 10.6. The van der Waals surface area contributed by atoms with Crippen molar-refractivity contribution in [2.75, 3.05) is 26.4 Å². The lowest BCUT2D eigenvalue weighted by Gasteiger charge is -2.05. The van der Waals surface area contributed by atoms with Crippen LogP contribution in [0.25, 0.3) is 11.4 Å². The van der Waals surface area contributed by atoms with E-state index in [0.717, 1.165) is 81.8 Å². The molecule has 0 aliphatic carbocycles. The van der Waals surface area contributed by atoms with Gasteiger partial charge in [0.05, 0.1) is 30.4 Å². The zero-order valence-corrected chi connectivity index (χ0v) is 17.8. The van der Waals surface area contributed by atoms with Crippen LogP contribution in [0.4, 0.5) is 0 Å². The lowest BCUT2D eigenvalue weighted by molar-refractivity contribution is 0.148. The zero-order valence-electron chi connectivity index (χ0n) is 15.8. The van der Waals surface area contributed by atoms with Crippen molar-refractivity contribution in [1.29, 1.82) is 0 Å². The standard InChI is InChI=1S/C20H28N2O2Si2/c1-3-9-23-11-13-25-17-5-7-19(21-15-17)20-8-6-18(16-22-20)26-14-12-24-10-4-2/h5-8,15-16H,3-4,9-14H2,1-2H3. The third-order valence-electron chi connectivity index (χ3n) is 3.64. The van der Waals surface area contributed by atoms with Gasteiger partial charge in [0.25, 0.3) is 0 Å². The molecule has 0 saturated heterocycles. The van der Waals surface area contributed by atoms with E-state index < -0.39 is 0 Å². The van der Waals surface area contributed by atoms with Gasteiger partial charge in [0.2, 0.25) is 0 Å². The van der Waals surface area contributed by atoms with Crippen molar-refractivity contribution in [2.45, 2.75) is 38.8 Å². The van der Waals surface area contributed by atoms with E-state index >= 15 is 0 Å². The molecule has 0 spiro atoms. The summed E-state index contributed by atoms with van der Waals surface area (Å²) in [7, 11) is 1.50. The average molecular weight is 385 g/mol. The van der Waals surface area contributed by atoms with Gasteiger partial charge in [-0.2, -0.15) is 0 Å². The number of ether oxygens (including phenoxy) is 2. The second kappa shape index (κ2) is 12.9. The van der Waals surface area contributed by atoms with Gasteiger partial charge in [-0.1, -0.05) is 26.0 Å². The first-order chi connectivity index (χ1) is 12.8. The van der Waals surface area contributed by atoms with E-state index in [-0.39, 0.29) is 0 Å². The first-order valence-corrected chi connectivity index (χ1v) is 11.8. The van der Waals surface area contributed by atoms with Gasteiger partial charge >= 0.3 is 0 Å². The molecule has 0 saturated carbocycles. The van der Waals surface area contributed by atoms with Gasteiger partial charge in [0.15, 0.2) is 0 Å². The number of aromatic nitrogens is 2. The summed E-state index contributed by atoms with van der Waals surface area (Å²) < 4.78 is 11.1. The zero-order chi connectivity index (χ0) is 18.5. The molecule has 138 valence electrons. The van der Waals surface area contributed by atoms with Crippen LogP contribution < -0.4 is 10.4 Å². The van der Waals surface area contributed by atoms with Crippen molar-refractivity contribution in [2.24, 2.45) is 0 Å². The van der Waals surface area contributed by atoms with Crippen LogP contribution in [0.3, 0.4) is 0 Å². The highest BCUT2D eigenvalue weighted by atomic mass is 28.2. The summed E-state index contributed by atoms with van der Waals surface area (Å²) in [5.41, 5.74) is 1.86. The first kappa shape index (κ1) is 21.0. The molecule has 0 aliphatic heterocycles. The third-order valence-corrected chi connectivity index (χ3v) is 5.95. The van der Waals surface area contributed by atoms with E-state index in [9.17, 15) is 0 Å². The number of nitrogens with zero attached hydrogens (tertiary/aromatic N) is 2. The fraction of sp³-hybridized carbons (Fsp3) is 0.500.